The van der Waals surface area contributed by atoms with Crippen LogP contribution in [0.25, 0.3) is 0 Å². The van der Waals surface area contributed by atoms with Crippen molar-refractivity contribution in [2.75, 3.05) is 17.2 Å². The number of amides is 3. The van der Waals surface area contributed by atoms with Crippen molar-refractivity contribution in [2.24, 2.45) is 5.41 Å². The van der Waals surface area contributed by atoms with Crippen LogP contribution >= 0.6 is 0 Å². The summed E-state index contributed by atoms with van der Waals surface area (Å²) in [6, 6.07) is 10.8. The summed E-state index contributed by atoms with van der Waals surface area (Å²) in [5, 5.41) is 5.05. The lowest BCUT2D eigenvalue weighted by molar-refractivity contribution is -0.150. The van der Waals surface area contributed by atoms with Crippen molar-refractivity contribution >= 4 is 29.2 Å². The number of likely N-dealkylation sites (tertiary alicyclic amines) is 1. The maximum atomic E-state index is 16.1. The van der Waals surface area contributed by atoms with Crippen molar-refractivity contribution < 1.29 is 36.3 Å². The van der Waals surface area contributed by atoms with Gasteiger partial charge in [-0.1, -0.05) is 38.1 Å². The molecule has 0 radical (unpaired) electrons. The summed E-state index contributed by atoms with van der Waals surface area (Å²) in [4.78, 5) is 44.9. The summed E-state index contributed by atoms with van der Waals surface area (Å²) < 4.78 is 71.4. The number of halogens is 5. The molecule has 12 heteroatoms. The van der Waals surface area contributed by atoms with E-state index in [0.29, 0.717) is 18.4 Å². The van der Waals surface area contributed by atoms with E-state index in [4.69, 9.17) is 0 Å². The summed E-state index contributed by atoms with van der Waals surface area (Å²) >= 11 is 0. The number of nitrogens with one attached hydrogen (secondary N) is 2. The Hall–Kier alpha value is -4.35. The Balaban J connectivity index is 1.25. The molecular weight excluding hydrogens is 571 g/mol. The highest BCUT2D eigenvalue weighted by atomic mass is 19.4. The molecule has 6 rings (SSSR count). The number of aromatic nitrogens is 1. The Kier molecular flexibility index (Phi) is 6.41. The summed E-state index contributed by atoms with van der Waals surface area (Å²) in [6.45, 7) is 3.02. The zero-order chi connectivity index (χ0) is 30.9. The van der Waals surface area contributed by atoms with E-state index >= 15 is 8.78 Å². The van der Waals surface area contributed by atoms with Gasteiger partial charge < -0.3 is 15.5 Å². The maximum Gasteiger partial charge on any atom is 0.416 e. The van der Waals surface area contributed by atoms with Crippen LogP contribution in [-0.2, 0) is 38.3 Å². The zero-order valence-corrected chi connectivity index (χ0v) is 23.2. The molecule has 2 unspecified atom stereocenters. The summed E-state index contributed by atoms with van der Waals surface area (Å²) in [5.41, 5.74) is -3.32. The number of carbonyl (C=O) groups is 3. The summed E-state index contributed by atoms with van der Waals surface area (Å²) in [7, 11) is 0. The second kappa shape index (κ2) is 9.58. The Bertz CT molecular complexity index is 1650. The lowest BCUT2D eigenvalue weighted by atomic mass is 9.76. The highest BCUT2D eigenvalue weighted by Crippen LogP contribution is 2.59. The number of piperidine rings is 1. The van der Waals surface area contributed by atoms with Gasteiger partial charge >= 0.3 is 6.18 Å². The van der Waals surface area contributed by atoms with Gasteiger partial charge in [-0.3, -0.25) is 14.4 Å². The average molecular weight is 599 g/mol. The molecule has 3 amide bonds. The zero-order valence-electron chi connectivity index (χ0n) is 23.2. The van der Waals surface area contributed by atoms with Crippen molar-refractivity contribution in [2.45, 2.75) is 56.7 Å². The van der Waals surface area contributed by atoms with Crippen molar-refractivity contribution in [1.29, 1.82) is 0 Å². The molecule has 3 heterocycles. The van der Waals surface area contributed by atoms with Crippen LogP contribution in [-0.4, -0.2) is 34.2 Å². The Morgan fingerprint density at radius 3 is 2.49 bits per heavy atom. The quantitative estimate of drug-likeness (QED) is 0.363. The number of alkyl halides is 5. The van der Waals surface area contributed by atoms with Gasteiger partial charge in [-0.25, -0.2) is 4.98 Å². The number of nitrogens with zero attached hydrogens (tertiary/aromatic N) is 2. The molecule has 7 nitrogen and oxygen atoms in total. The number of hydrogen-bond acceptors (Lipinski definition) is 4. The molecule has 2 N–H and O–H groups in total. The van der Waals surface area contributed by atoms with Crippen LogP contribution in [0.4, 0.5) is 33.5 Å². The van der Waals surface area contributed by atoms with Crippen LogP contribution in [0.5, 0.6) is 0 Å². The van der Waals surface area contributed by atoms with Gasteiger partial charge in [-0.15, -0.1) is 0 Å². The molecule has 2 aliphatic heterocycles. The lowest BCUT2D eigenvalue weighted by Crippen LogP contribution is -2.50. The SMILES string of the molecule is CC1(C)CCC(c2ccc(C(F)(F)F)cc2)N(CC(=O)Nc2ccc3c(c2)C(F)(F)C2(C3)C(=O)Nc3ncccc32)C1=O. The molecule has 1 fully saturated rings. The fraction of sp³-hybridized carbons (Fsp3) is 0.355. The van der Waals surface area contributed by atoms with E-state index < -0.39 is 58.5 Å². The molecule has 3 aromatic rings. The third-order valence-corrected chi connectivity index (χ3v) is 8.81. The van der Waals surface area contributed by atoms with Crippen molar-refractivity contribution in [1.82, 2.24) is 9.88 Å². The van der Waals surface area contributed by atoms with Crippen LogP contribution < -0.4 is 10.6 Å². The minimum absolute atomic E-state index is 0.0556. The van der Waals surface area contributed by atoms with Crippen molar-refractivity contribution in [3.63, 3.8) is 0 Å². The molecule has 3 aliphatic rings. The number of benzene rings is 2. The topological polar surface area (TPSA) is 91.4 Å². The van der Waals surface area contributed by atoms with Gasteiger partial charge in [0.2, 0.25) is 17.7 Å². The predicted octanol–water partition coefficient (Wildman–Crippen LogP) is 5.97. The molecule has 2 atom stereocenters. The number of anilines is 2. The second-order valence-corrected chi connectivity index (χ2v) is 11.9. The fourth-order valence-corrected chi connectivity index (χ4v) is 6.47. The molecular formula is C31H27F5N4O3. The van der Waals surface area contributed by atoms with Crippen LogP contribution in [0.3, 0.4) is 0 Å². The van der Waals surface area contributed by atoms with E-state index in [1.54, 1.807) is 13.8 Å². The minimum Gasteiger partial charge on any atom is -0.326 e. The van der Waals surface area contributed by atoms with Gasteiger partial charge in [0.05, 0.1) is 11.6 Å². The van der Waals surface area contributed by atoms with E-state index in [1.165, 1.54) is 47.5 Å². The van der Waals surface area contributed by atoms with E-state index in [-0.39, 0.29) is 35.0 Å². The van der Waals surface area contributed by atoms with Gasteiger partial charge in [0, 0.05) is 28.4 Å². The lowest BCUT2D eigenvalue weighted by Gasteiger charge is -2.43. The Labute approximate surface area is 243 Å². The number of rotatable bonds is 4. The predicted molar refractivity (Wildman–Crippen MR) is 146 cm³/mol. The van der Waals surface area contributed by atoms with E-state index in [9.17, 15) is 27.6 Å². The first kappa shape index (κ1) is 28.8. The monoisotopic (exact) mass is 598 g/mol. The number of carbonyl (C=O) groups excluding carboxylic acids is 3. The first-order valence-electron chi connectivity index (χ1n) is 13.7. The van der Waals surface area contributed by atoms with Gasteiger partial charge in [-0.05, 0) is 60.7 Å². The molecule has 1 aromatic heterocycles. The third-order valence-electron chi connectivity index (χ3n) is 8.81. The average Bonchev–Trinajstić information content (AvgIpc) is 3.36. The maximum absolute atomic E-state index is 16.1. The van der Waals surface area contributed by atoms with Gasteiger partial charge in [0.15, 0.2) is 0 Å². The smallest absolute Gasteiger partial charge is 0.326 e. The third kappa shape index (κ3) is 4.45. The summed E-state index contributed by atoms with van der Waals surface area (Å²) in [5.74, 6) is -5.38. The fourth-order valence-electron chi connectivity index (χ4n) is 6.47. The van der Waals surface area contributed by atoms with E-state index in [0.717, 1.165) is 18.2 Å². The number of fused-ring (bicyclic) bond motifs is 3. The van der Waals surface area contributed by atoms with Crippen molar-refractivity contribution in [3.8, 4) is 0 Å². The van der Waals surface area contributed by atoms with Gasteiger partial charge in [-0.2, -0.15) is 22.0 Å². The molecule has 0 bridgehead atoms. The standard InChI is InChI=1S/C31H27F5N4O3/c1-28(2)12-11-23(17-5-8-19(9-6-17)31(34,35)36)40(27(28)43)16-24(41)38-20-10-7-18-15-29(30(32,33)22(18)14-20)21-4-3-13-37-25(21)39-26(29)42/h3-10,13-14,23H,11-12,15-16H2,1-2H3,(H,38,41)(H,37,39,42). The van der Waals surface area contributed by atoms with E-state index in [2.05, 4.69) is 15.6 Å². The molecule has 1 saturated heterocycles. The number of hydrogen-bond donors (Lipinski definition) is 2. The molecule has 1 spiro atoms. The Morgan fingerprint density at radius 2 is 1.79 bits per heavy atom. The van der Waals surface area contributed by atoms with E-state index in [1.807, 2.05) is 0 Å². The molecule has 2 aromatic carbocycles. The molecule has 224 valence electrons. The molecule has 43 heavy (non-hydrogen) atoms. The first-order valence-corrected chi connectivity index (χ1v) is 13.7. The molecule has 1 aliphatic carbocycles. The second-order valence-electron chi connectivity index (χ2n) is 11.9. The first-order chi connectivity index (χ1) is 20.1. The van der Waals surface area contributed by atoms with Crippen LogP contribution in [0, 0.1) is 5.41 Å². The molecule has 0 saturated carbocycles. The highest BCUT2D eigenvalue weighted by molar-refractivity contribution is 6.07. The van der Waals surface area contributed by atoms with Crippen molar-refractivity contribution in [3.05, 3.63) is 88.6 Å². The Morgan fingerprint density at radius 1 is 1.07 bits per heavy atom. The largest absolute Gasteiger partial charge is 0.416 e. The highest BCUT2D eigenvalue weighted by Gasteiger charge is 2.68. The number of pyridine rings is 1. The van der Waals surface area contributed by atoms with Crippen LogP contribution in [0.15, 0.2) is 60.8 Å². The van der Waals surface area contributed by atoms with Gasteiger partial charge in [0.25, 0.3) is 5.92 Å². The summed E-state index contributed by atoms with van der Waals surface area (Å²) in [6.07, 6.45) is -2.48. The van der Waals surface area contributed by atoms with Gasteiger partial charge in [0.1, 0.15) is 17.8 Å². The minimum atomic E-state index is -4.52. The van der Waals surface area contributed by atoms with Crippen LogP contribution in [0.1, 0.15) is 60.5 Å². The van der Waals surface area contributed by atoms with Crippen LogP contribution in [0.2, 0.25) is 0 Å². The normalized spacial score (nSPS) is 23.6.